The Labute approximate surface area is 165 Å². The minimum absolute atomic E-state index is 0.0575. The number of ether oxygens (including phenoxy) is 2. The minimum atomic E-state index is -0.171. The van der Waals surface area contributed by atoms with Gasteiger partial charge in [0.05, 0.1) is 25.8 Å². The second-order valence-corrected chi connectivity index (χ2v) is 8.39. The summed E-state index contributed by atoms with van der Waals surface area (Å²) in [5.41, 5.74) is 0. The molecule has 0 aromatic carbocycles. The highest BCUT2D eigenvalue weighted by molar-refractivity contribution is 5.71. The number of fused-ring (bicyclic) bond motifs is 1. The molecule has 0 radical (unpaired) electrons. The van der Waals surface area contributed by atoms with Crippen LogP contribution in [-0.2, 0) is 22.4 Å². The van der Waals surface area contributed by atoms with Crippen LogP contribution < -0.4 is 0 Å². The summed E-state index contributed by atoms with van der Waals surface area (Å²) in [7, 11) is 0. The maximum atomic E-state index is 12.3. The lowest BCUT2D eigenvalue weighted by Gasteiger charge is -2.28. The van der Waals surface area contributed by atoms with Gasteiger partial charge in [-0.05, 0) is 12.3 Å². The molecule has 9 heteroatoms. The largest absolute Gasteiger partial charge is 0.442 e. The van der Waals surface area contributed by atoms with Crippen LogP contribution >= 0.6 is 0 Å². The number of aromatic nitrogens is 2. The topological polar surface area (TPSA) is 84.2 Å². The van der Waals surface area contributed by atoms with Crippen molar-refractivity contribution in [2.24, 2.45) is 5.92 Å². The molecule has 3 saturated heterocycles. The molecule has 1 aromatic rings. The molecule has 1 amide bonds. The van der Waals surface area contributed by atoms with Crippen LogP contribution in [0, 0.1) is 5.92 Å². The smallest absolute Gasteiger partial charge is 0.410 e. The van der Waals surface area contributed by atoms with Gasteiger partial charge in [-0.2, -0.15) is 4.98 Å². The van der Waals surface area contributed by atoms with Crippen molar-refractivity contribution < 1.29 is 18.8 Å². The highest BCUT2D eigenvalue weighted by Crippen LogP contribution is 2.28. The van der Waals surface area contributed by atoms with Gasteiger partial charge >= 0.3 is 6.09 Å². The molecule has 4 rings (SSSR count). The van der Waals surface area contributed by atoms with Gasteiger partial charge in [0, 0.05) is 45.7 Å². The van der Waals surface area contributed by atoms with E-state index in [4.69, 9.17) is 14.0 Å². The third-order valence-electron chi connectivity index (χ3n) is 5.63. The minimum Gasteiger partial charge on any atom is -0.442 e. The molecule has 1 aromatic heterocycles. The van der Waals surface area contributed by atoms with Gasteiger partial charge in [-0.25, -0.2) is 4.79 Å². The SMILES string of the molecule is CC(C)Cc1nc(CN2C[C@@H]3OC(=O)N(CCCN4CCOCC4)[C@@H]3C2)no1. The standard InChI is InChI=1S/C19H31N5O4/c1-14(2)10-18-20-17(21-28-18)13-23-11-15-16(12-23)27-19(25)24(15)5-3-4-22-6-8-26-9-7-22/h14-16H,3-13H2,1-2H3/t15-,16+/m1/s1. The van der Waals surface area contributed by atoms with Gasteiger partial charge in [0.2, 0.25) is 5.89 Å². The molecule has 0 spiro atoms. The summed E-state index contributed by atoms with van der Waals surface area (Å²) in [4.78, 5) is 23.3. The van der Waals surface area contributed by atoms with Crippen LogP contribution in [0.1, 0.15) is 32.0 Å². The molecular formula is C19H31N5O4. The zero-order valence-corrected chi connectivity index (χ0v) is 16.9. The zero-order valence-electron chi connectivity index (χ0n) is 16.9. The summed E-state index contributed by atoms with van der Waals surface area (Å²) < 4.78 is 16.3. The van der Waals surface area contributed by atoms with Crippen molar-refractivity contribution in [3.63, 3.8) is 0 Å². The molecular weight excluding hydrogens is 362 g/mol. The van der Waals surface area contributed by atoms with Crippen molar-refractivity contribution in [1.29, 1.82) is 0 Å². The first-order chi connectivity index (χ1) is 13.6. The van der Waals surface area contributed by atoms with Gasteiger partial charge in [0.1, 0.15) is 6.10 Å². The lowest BCUT2D eigenvalue weighted by atomic mass is 10.1. The molecule has 0 saturated carbocycles. The van der Waals surface area contributed by atoms with Crippen molar-refractivity contribution in [3.05, 3.63) is 11.7 Å². The molecule has 0 bridgehead atoms. The molecule has 3 fully saturated rings. The Kier molecular flexibility index (Phi) is 6.13. The van der Waals surface area contributed by atoms with E-state index in [9.17, 15) is 4.79 Å². The monoisotopic (exact) mass is 393 g/mol. The summed E-state index contributed by atoms with van der Waals surface area (Å²) in [5, 5.41) is 4.10. The molecule has 0 unspecified atom stereocenters. The van der Waals surface area contributed by atoms with Crippen molar-refractivity contribution in [2.75, 3.05) is 52.5 Å². The number of morpholine rings is 1. The van der Waals surface area contributed by atoms with Crippen LogP contribution in [0.5, 0.6) is 0 Å². The summed E-state index contributed by atoms with van der Waals surface area (Å²) >= 11 is 0. The normalized spacial score (nSPS) is 26.2. The molecule has 3 aliphatic rings. The third-order valence-corrected chi connectivity index (χ3v) is 5.63. The Bertz CT molecular complexity index is 661. The van der Waals surface area contributed by atoms with Gasteiger partial charge in [-0.1, -0.05) is 19.0 Å². The van der Waals surface area contributed by atoms with E-state index in [0.29, 0.717) is 24.2 Å². The van der Waals surface area contributed by atoms with Gasteiger partial charge in [0.15, 0.2) is 5.82 Å². The maximum absolute atomic E-state index is 12.3. The molecule has 156 valence electrons. The predicted octanol–water partition coefficient (Wildman–Crippen LogP) is 0.995. The van der Waals surface area contributed by atoms with Crippen LogP contribution in [0.15, 0.2) is 4.52 Å². The predicted molar refractivity (Wildman–Crippen MR) is 101 cm³/mol. The Morgan fingerprint density at radius 3 is 2.75 bits per heavy atom. The fourth-order valence-corrected chi connectivity index (χ4v) is 4.24. The lowest BCUT2D eigenvalue weighted by Crippen LogP contribution is -2.41. The number of amides is 1. The second-order valence-electron chi connectivity index (χ2n) is 8.39. The fourth-order valence-electron chi connectivity index (χ4n) is 4.24. The van der Waals surface area contributed by atoms with Crippen LogP contribution in [0.25, 0.3) is 0 Å². The first-order valence-electron chi connectivity index (χ1n) is 10.4. The van der Waals surface area contributed by atoms with Gasteiger partial charge in [0.25, 0.3) is 0 Å². The molecule has 0 aliphatic carbocycles. The van der Waals surface area contributed by atoms with Gasteiger partial charge in [-0.15, -0.1) is 0 Å². The number of hydrogen-bond acceptors (Lipinski definition) is 8. The second kappa shape index (κ2) is 8.75. The Morgan fingerprint density at radius 2 is 1.96 bits per heavy atom. The van der Waals surface area contributed by atoms with E-state index in [0.717, 1.165) is 65.3 Å². The van der Waals surface area contributed by atoms with E-state index in [2.05, 4.69) is 33.8 Å². The van der Waals surface area contributed by atoms with Crippen molar-refractivity contribution in [1.82, 2.24) is 24.8 Å². The molecule has 9 nitrogen and oxygen atoms in total. The first kappa shape index (κ1) is 19.6. The van der Waals surface area contributed by atoms with Gasteiger partial charge < -0.3 is 18.9 Å². The lowest BCUT2D eigenvalue weighted by molar-refractivity contribution is 0.0362. The highest BCUT2D eigenvalue weighted by atomic mass is 16.6. The average Bonchev–Trinajstić information content (AvgIpc) is 3.32. The molecule has 3 aliphatic heterocycles. The highest BCUT2D eigenvalue weighted by Gasteiger charge is 2.47. The Morgan fingerprint density at radius 1 is 1.14 bits per heavy atom. The van der Waals surface area contributed by atoms with Crippen LogP contribution in [0.2, 0.25) is 0 Å². The molecule has 2 atom stereocenters. The molecule has 28 heavy (non-hydrogen) atoms. The van der Waals surface area contributed by atoms with Crippen molar-refractivity contribution in [3.8, 4) is 0 Å². The molecule has 4 heterocycles. The average molecular weight is 393 g/mol. The Hall–Kier alpha value is -1.71. The number of likely N-dealkylation sites (tertiary alicyclic amines) is 1. The summed E-state index contributed by atoms with van der Waals surface area (Å²) in [5.74, 6) is 1.89. The van der Waals surface area contributed by atoms with E-state index in [-0.39, 0.29) is 18.2 Å². The van der Waals surface area contributed by atoms with Crippen molar-refractivity contribution >= 4 is 6.09 Å². The van der Waals surface area contributed by atoms with E-state index < -0.39 is 0 Å². The number of rotatable bonds is 8. The quantitative estimate of drug-likeness (QED) is 0.647. The van der Waals surface area contributed by atoms with Crippen molar-refractivity contribution in [2.45, 2.75) is 45.4 Å². The fraction of sp³-hybridized carbons (Fsp3) is 0.842. The van der Waals surface area contributed by atoms with E-state index >= 15 is 0 Å². The summed E-state index contributed by atoms with van der Waals surface area (Å²) in [6.07, 6.45) is 1.53. The first-order valence-corrected chi connectivity index (χ1v) is 10.4. The van der Waals surface area contributed by atoms with E-state index in [1.807, 2.05) is 4.90 Å². The number of carbonyl (C=O) groups is 1. The van der Waals surface area contributed by atoms with Crippen LogP contribution in [0.3, 0.4) is 0 Å². The zero-order chi connectivity index (χ0) is 19.5. The Balaban J connectivity index is 1.25. The summed E-state index contributed by atoms with van der Waals surface area (Å²) in [6.45, 7) is 11.7. The molecule has 0 N–H and O–H groups in total. The third kappa shape index (κ3) is 4.64. The van der Waals surface area contributed by atoms with Crippen LogP contribution in [-0.4, -0.2) is 95.6 Å². The summed E-state index contributed by atoms with van der Waals surface area (Å²) in [6, 6.07) is 0.124. The van der Waals surface area contributed by atoms with Gasteiger partial charge in [-0.3, -0.25) is 9.80 Å². The maximum Gasteiger partial charge on any atom is 0.410 e. The number of hydrogen-bond donors (Lipinski definition) is 0. The van der Waals surface area contributed by atoms with E-state index in [1.165, 1.54) is 0 Å². The number of nitrogens with zero attached hydrogens (tertiary/aromatic N) is 5. The van der Waals surface area contributed by atoms with Crippen LogP contribution in [0.4, 0.5) is 4.79 Å². The van der Waals surface area contributed by atoms with E-state index in [1.54, 1.807) is 0 Å². The number of carbonyl (C=O) groups excluding carboxylic acids is 1.